The maximum absolute atomic E-state index is 12.6. The van der Waals surface area contributed by atoms with Gasteiger partial charge in [0.25, 0.3) is 0 Å². The van der Waals surface area contributed by atoms with E-state index < -0.39 is 0 Å². The van der Waals surface area contributed by atoms with Crippen LogP contribution in [0.3, 0.4) is 0 Å². The predicted octanol–water partition coefficient (Wildman–Crippen LogP) is 3.23. The Kier molecular flexibility index (Phi) is 6.78. The maximum atomic E-state index is 12.6. The van der Waals surface area contributed by atoms with Crippen molar-refractivity contribution in [1.82, 2.24) is 19.8 Å². The highest BCUT2D eigenvalue weighted by atomic mass is 16.3. The van der Waals surface area contributed by atoms with E-state index in [1.807, 2.05) is 36.4 Å². The number of amides is 2. The van der Waals surface area contributed by atoms with Crippen LogP contribution in [0.25, 0.3) is 0 Å². The monoisotopic (exact) mass is 421 g/mol. The summed E-state index contributed by atoms with van der Waals surface area (Å²) in [7, 11) is 0. The van der Waals surface area contributed by atoms with E-state index in [1.165, 1.54) is 17.2 Å². The molecule has 8 nitrogen and oxygen atoms in total. The van der Waals surface area contributed by atoms with Crippen molar-refractivity contribution in [3.05, 3.63) is 82.9 Å². The lowest BCUT2D eigenvalue weighted by atomic mass is 10.1. The van der Waals surface area contributed by atoms with Crippen molar-refractivity contribution >= 4 is 11.7 Å². The number of likely N-dealkylation sites (tertiary alicyclic amines) is 1. The van der Waals surface area contributed by atoms with E-state index in [9.17, 15) is 9.59 Å². The number of carbonyl (C=O) groups excluding carboxylic acids is 1. The summed E-state index contributed by atoms with van der Waals surface area (Å²) in [6.07, 6.45) is 8.41. The number of furan rings is 1. The van der Waals surface area contributed by atoms with E-state index in [0.29, 0.717) is 18.8 Å². The van der Waals surface area contributed by atoms with Crippen LogP contribution in [-0.4, -0.2) is 40.1 Å². The third-order valence-electron chi connectivity index (χ3n) is 5.48. The highest BCUT2D eigenvalue weighted by Gasteiger charge is 2.24. The van der Waals surface area contributed by atoms with Gasteiger partial charge in [0.15, 0.2) is 0 Å². The molecule has 1 aliphatic heterocycles. The fraction of sp³-hybridized carbons (Fsp3) is 0.348. The topological polar surface area (TPSA) is 92.4 Å². The summed E-state index contributed by atoms with van der Waals surface area (Å²) in [6.45, 7) is 2.86. The Balaban J connectivity index is 1.36. The fourth-order valence-electron chi connectivity index (χ4n) is 3.94. The van der Waals surface area contributed by atoms with Crippen LogP contribution in [0, 0.1) is 0 Å². The molecule has 1 saturated heterocycles. The normalized spacial score (nSPS) is 15.4. The van der Waals surface area contributed by atoms with E-state index in [-0.39, 0.29) is 17.8 Å². The molecule has 0 saturated carbocycles. The zero-order chi connectivity index (χ0) is 21.5. The molecule has 0 radical (unpaired) electrons. The van der Waals surface area contributed by atoms with Crippen LogP contribution >= 0.6 is 0 Å². The average Bonchev–Trinajstić information content (AvgIpc) is 3.31. The van der Waals surface area contributed by atoms with Gasteiger partial charge in [-0.25, -0.2) is 14.6 Å². The molecule has 3 heterocycles. The molecule has 8 heteroatoms. The summed E-state index contributed by atoms with van der Waals surface area (Å²) >= 11 is 0. The summed E-state index contributed by atoms with van der Waals surface area (Å²) in [5.74, 6) is 0.867. The lowest BCUT2D eigenvalue weighted by molar-refractivity contribution is 0.144. The fourth-order valence-corrected chi connectivity index (χ4v) is 3.94. The molecule has 3 aromatic rings. The zero-order valence-electron chi connectivity index (χ0n) is 17.4. The number of aromatic nitrogens is 2. The quantitative estimate of drug-likeness (QED) is 0.611. The molecular weight excluding hydrogens is 394 g/mol. The Labute approximate surface area is 180 Å². The number of nitrogens with one attached hydrogen (secondary N) is 2. The lowest BCUT2D eigenvalue weighted by Gasteiger charge is -2.33. The molecule has 1 fully saturated rings. The van der Waals surface area contributed by atoms with Gasteiger partial charge in [-0.1, -0.05) is 18.6 Å². The second-order valence-electron chi connectivity index (χ2n) is 7.69. The van der Waals surface area contributed by atoms with Crippen molar-refractivity contribution < 1.29 is 9.21 Å². The number of anilines is 1. The number of urea groups is 1. The minimum absolute atomic E-state index is 0.0184. The number of hydrogen-bond acceptors (Lipinski definition) is 5. The number of nitrogens with zero attached hydrogens (tertiary/aromatic N) is 3. The molecule has 162 valence electrons. The van der Waals surface area contributed by atoms with Crippen molar-refractivity contribution in [2.45, 2.75) is 31.8 Å². The Bertz CT molecular complexity index is 1040. The molecule has 2 N–H and O–H groups in total. The molecule has 2 amide bonds. The lowest BCUT2D eigenvalue weighted by Crippen LogP contribution is -2.41. The first-order valence-corrected chi connectivity index (χ1v) is 10.6. The Morgan fingerprint density at radius 2 is 2.00 bits per heavy atom. The average molecular weight is 422 g/mol. The van der Waals surface area contributed by atoms with Gasteiger partial charge in [-0.2, -0.15) is 0 Å². The first kappa shape index (κ1) is 20.9. The number of hydrogen-bond donors (Lipinski definition) is 2. The Hall–Kier alpha value is -3.39. The standard InChI is InChI=1S/C23H27N5O3/c29-22(25-16-20(21-9-5-14-31-21)27-11-2-1-3-12-27)26-19-8-4-7-18(15-19)17-28-13-6-10-24-23(28)30/h4-10,13-15,20H,1-3,11-12,16-17H2,(H2,25,26,29)/t20-/m1/s1. The molecule has 4 rings (SSSR count). The minimum atomic E-state index is -0.305. The van der Waals surface area contributed by atoms with Crippen LogP contribution in [0.5, 0.6) is 0 Å². The smallest absolute Gasteiger partial charge is 0.347 e. The third kappa shape index (κ3) is 5.61. The summed E-state index contributed by atoms with van der Waals surface area (Å²) in [5.41, 5.74) is 1.26. The predicted molar refractivity (Wildman–Crippen MR) is 118 cm³/mol. The van der Waals surface area contributed by atoms with Crippen LogP contribution in [-0.2, 0) is 6.54 Å². The van der Waals surface area contributed by atoms with Gasteiger partial charge in [0.1, 0.15) is 5.76 Å². The molecular formula is C23H27N5O3. The molecule has 1 aromatic carbocycles. The van der Waals surface area contributed by atoms with Crippen molar-refractivity contribution in [3.8, 4) is 0 Å². The molecule has 1 aliphatic rings. The van der Waals surface area contributed by atoms with Crippen LogP contribution in [0.15, 0.2) is 70.3 Å². The summed E-state index contributed by atoms with van der Waals surface area (Å²) in [5, 5.41) is 5.86. The van der Waals surface area contributed by atoms with Crippen molar-refractivity contribution in [2.24, 2.45) is 0 Å². The molecule has 31 heavy (non-hydrogen) atoms. The van der Waals surface area contributed by atoms with E-state index in [4.69, 9.17) is 4.42 Å². The largest absolute Gasteiger partial charge is 0.468 e. The van der Waals surface area contributed by atoms with E-state index in [2.05, 4.69) is 20.5 Å². The van der Waals surface area contributed by atoms with Gasteiger partial charge in [0.05, 0.1) is 18.8 Å². The zero-order valence-corrected chi connectivity index (χ0v) is 17.4. The first-order chi connectivity index (χ1) is 15.2. The maximum Gasteiger partial charge on any atom is 0.347 e. The van der Waals surface area contributed by atoms with E-state index in [0.717, 1.165) is 37.3 Å². The minimum Gasteiger partial charge on any atom is -0.468 e. The van der Waals surface area contributed by atoms with Gasteiger partial charge in [-0.05, 0) is 61.8 Å². The van der Waals surface area contributed by atoms with E-state index >= 15 is 0 Å². The highest BCUT2D eigenvalue weighted by molar-refractivity contribution is 5.89. The van der Waals surface area contributed by atoms with Crippen LogP contribution in [0.1, 0.15) is 36.6 Å². The van der Waals surface area contributed by atoms with E-state index in [1.54, 1.807) is 18.5 Å². The number of piperidine rings is 1. The molecule has 2 aromatic heterocycles. The molecule has 0 bridgehead atoms. The highest BCUT2D eigenvalue weighted by Crippen LogP contribution is 2.24. The number of rotatable bonds is 7. The van der Waals surface area contributed by atoms with Gasteiger partial charge in [-0.15, -0.1) is 0 Å². The second kappa shape index (κ2) is 10.1. The van der Waals surface area contributed by atoms with Crippen molar-refractivity contribution in [3.63, 3.8) is 0 Å². The third-order valence-corrected chi connectivity index (χ3v) is 5.48. The first-order valence-electron chi connectivity index (χ1n) is 10.6. The van der Waals surface area contributed by atoms with Gasteiger partial charge in [0, 0.05) is 24.6 Å². The SMILES string of the molecule is O=C(NC[C@H](c1ccco1)N1CCCCC1)Nc1cccc(Cn2cccnc2=O)c1. The number of benzene rings is 1. The van der Waals surface area contributed by atoms with Crippen LogP contribution in [0.4, 0.5) is 10.5 Å². The van der Waals surface area contributed by atoms with Crippen LogP contribution in [0.2, 0.25) is 0 Å². The van der Waals surface area contributed by atoms with Crippen molar-refractivity contribution in [2.75, 3.05) is 25.0 Å². The Morgan fingerprint density at radius 1 is 1.13 bits per heavy atom. The second-order valence-corrected chi connectivity index (χ2v) is 7.69. The molecule has 0 unspecified atom stereocenters. The summed E-state index contributed by atoms with van der Waals surface area (Å²) < 4.78 is 7.15. The van der Waals surface area contributed by atoms with Gasteiger partial charge < -0.3 is 15.1 Å². The Morgan fingerprint density at radius 3 is 2.77 bits per heavy atom. The van der Waals surface area contributed by atoms with Crippen molar-refractivity contribution in [1.29, 1.82) is 0 Å². The van der Waals surface area contributed by atoms with Gasteiger partial charge >= 0.3 is 11.7 Å². The summed E-state index contributed by atoms with van der Waals surface area (Å²) in [6, 6.07) is 12.7. The number of carbonyl (C=O) groups is 1. The molecule has 0 aliphatic carbocycles. The summed E-state index contributed by atoms with van der Waals surface area (Å²) in [4.78, 5) is 30.5. The van der Waals surface area contributed by atoms with Gasteiger partial charge in [-0.3, -0.25) is 9.47 Å². The molecule has 1 atom stereocenters. The van der Waals surface area contributed by atoms with Gasteiger partial charge in [0.2, 0.25) is 0 Å². The van der Waals surface area contributed by atoms with Crippen LogP contribution < -0.4 is 16.3 Å². The molecule has 0 spiro atoms.